The summed E-state index contributed by atoms with van der Waals surface area (Å²) in [5.41, 5.74) is 3.65. The Morgan fingerprint density at radius 1 is 1.08 bits per heavy atom. The summed E-state index contributed by atoms with van der Waals surface area (Å²) in [4.78, 5) is 0. The van der Waals surface area contributed by atoms with Crippen LogP contribution in [-0.4, -0.2) is 6.79 Å². The lowest BCUT2D eigenvalue weighted by molar-refractivity contribution is 0.174. The third kappa shape index (κ3) is 2.16. The molecule has 1 aliphatic carbocycles. The molecule has 122 valence electrons. The minimum Gasteiger partial charge on any atom is -0.454 e. The summed E-state index contributed by atoms with van der Waals surface area (Å²) in [7, 11) is 0. The van der Waals surface area contributed by atoms with Gasteiger partial charge in [-0.2, -0.15) is 0 Å². The third-order valence-corrected chi connectivity index (χ3v) is 6.07. The highest BCUT2D eigenvalue weighted by atomic mass is 79.9. The molecule has 0 amide bonds. The maximum atomic E-state index is 6.22. The zero-order valence-corrected chi connectivity index (χ0v) is 15.1. The predicted molar refractivity (Wildman–Crippen MR) is 98.1 cm³/mol. The summed E-state index contributed by atoms with van der Waals surface area (Å²) >= 11 is 9.94. The molecule has 5 rings (SSSR count). The molecule has 5 heteroatoms. The number of fused-ring (bicyclic) bond motifs is 4. The van der Waals surface area contributed by atoms with Gasteiger partial charge in [-0.3, -0.25) is 0 Å². The van der Waals surface area contributed by atoms with Crippen LogP contribution in [0, 0.1) is 5.92 Å². The molecule has 0 spiro atoms. The second-order valence-corrected chi connectivity index (χ2v) is 7.72. The van der Waals surface area contributed by atoms with Gasteiger partial charge in [0, 0.05) is 21.1 Å². The lowest BCUT2D eigenvalue weighted by atomic mass is 9.77. The largest absolute Gasteiger partial charge is 0.454 e. The first kappa shape index (κ1) is 14.7. The van der Waals surface area contributed by atoms with Crippen molar-refractivity contribution in [2.24, 2.45) is 5.92 Å². The molecular formula is C19H15BrClNO2. The van der Waals surface area contributed by atoms with Crippen LogP contribution < -0.4 is 14.8 Å². The van der Waals surface area contributed by atoms with Gasteiger partial charge >= 0.3 is 0 Å². The molecule has 0 aromatic heterocycles. The number of ether oxygens (including phenoxy) is 2. The number of rotatable bonds is 1. The fraction of sp³-hybridized carbons (Fsp3) is 0.263. The van der Waals surface area contributed by atoms with Gasteiger partial charge in [-0.15, -0.1) is 0 Å². The van der Waals surface area contributed by atoms with Crippen molar-refractivity contribution in [2.75, 3.05) is 12.1 Å². The Morgan fingerprint density at radius 2 is 1.92 bits per heavy atom. The summed E-state index contributed by atoms with van der Waals surface area (Å²) in [6.45, 7) is 0.290. The molecule has 0 saturated heterocycles. The number of benzene rings is 2. The van der Waals surface area contributed by atoms with Crippen LogP contribution in [-0.2, 0) is 0 Å². The van der Waals surface area contributed by atoms with Gasteiger partial charge in [0.15, 0.2) is 11.5 Å². The number of anilines is 1. The highest BCUT2D eigenvalue weighted by Gasteiger charge is 2.39. The first-order valence-electron chi connectivity index (χ1n) is 8.02. The number of hydrogen-bond acceptors (Lipinski definition) is 3. The van der Waals surface area contributed by atoms with E-state index in [0.717, 1.165) is 33.1 Å². The first-order chi connectivity index (χ1) is 11.7. The monoisotopic (exact) mass is 403 g/mol. The molecular weight excluding hydrogens is 390 g/mol. The fourth-order valence-corrected chi connectivity index (χ4v) is 4.79. The lowest BCUT2D eigenvalue weighted by Crippen LogP contribution is -2.29. The van der Waals surface area contributed by atoms with Crippen molar-refractivity contribution in [3.05, 3.63) is 63.1 Å². The Kier molecular flexibility index (Phi) is 3.32. The van der Waals surface area contributed by atoms with Crippen LogP contribution in [0.4, 0.5) is 5.69 Å². The summed E-state index contributed by atoms with van der Waals surface area (Å²) in [6.07, 6.45) is 5.64. The molecule has 1 N–H and O–H groups in total. The number of nitrogens with one attached hydrogen (secondary N) is 1. The topological polar surface area (TPSA) is 30.5 Å². The van der Waals surface area contributed by atoms with Crippen LogP contribution in [0.3, 0.4) is 0 Å². The minimum atomic E-state index is 0.211. The van der Waals surface area contributed by atoms with Crippen molar-refractivity contribution < 1.29 is 9.47 Å². The van der Waals surface area contributed by atoms with Crippen molar-refractivity contribution in [3.8, 4) is 11.5 Å². The average Bonchev–Trinajstić information content (AvgIpc) is 3.22. The van der Waals surface area contributed by atoms with Gasteiger partial charge in [0.1, 0.15) is 0 Å². The third-order valence-electron chi connectivity index (χ3n) is 5.15. The smallest absolute Gasteiger partial charge is 0.231 e. The summed E-state index contributed by atoms with van der Waals surface area (Å²) in [5.74, 6) is 2.48. The summed E-state index contributed by atoms with van der Waals surface area (Å²) in [5, 5.41) is 4.51. The molecule has 3 nitrogen and oxygen atoms in total. The maximum absolute atomic E-state index is 6.22. The number of hydrogen-bond donors (Lipinski definition) is 1. The normalized spacial score (nSPS) is 26.0. The van der Waals surface area contributed by atoms with E-state index in [1.165, 1.54) is 11.1 Å². The Hall–Kier alpha value is -1.65. The van der Waals surface area contributed by atoms with E-state index < -0.39 is 0 Å². The Balaban J connectivity index is 1.61. The van der Waals surface area contributed by atoms with E-state index in [1.807, 2.05) is 12.1 Å². The van der Waals surface area contributed by atoms with Crippen LogP contribution in [0.25, 0.3) is 0 Å². The van der Waals surface area contributed by atoms with Crippen molar-refractivity contribution in [1.29, 1.82) is 0 Å². The molecule has 2 aromatic carbocycles. The standard InChI is InChI=1S/C19H15BrClNO2/c20-15-8-18-17(23-9-24-18)7-14(15)19-12-3-1-2-11(12)13-6-10(21)4-5-16(13)22-19/h1-2,4-8,11-12,19,22H,3,9H2/t11-,12-,19+/m0/s1. The predicted octanol–water partition coefficient (Wildman–Crippen LogP) is 5.66. The lowest BCUT2D eigenvalue weighted by Gasteiger charge is -2.38. The first-order valence-corrected chi connectivity index (χ1v) is 9.19. The van der Waals surface area contributed by atoms with Crippen LogP contribution in [0.2, 0.25) is 5.02 Å². The van der Waals surface area contributed by atoms with Crippen LogP contribution in [0.15, 0.2) is 47.0 Å². The summed E-state index contributed by atoms with van der Waals surface area (Å²) < 4.78 is 12.1. The van der Waals surface area contributed by atoms with Gasteiger partial charge in [0.25, 0.3) is 0 Å². The van der Waals surface area contributed by atoms with Crippen molar-refractivity contribution in [2.45, 2.75) is 18.4 Å². The van der Waals surface area contributed by atoms with Gasteiger partial charge in [0.05, 0.1) is 6.04 Å². The molecule has 3 aliphatic rings. The van der Waals surface area contributed by atoms with Crippen LogP contribution in [0.1, 0.15) is 29.5 Å². The molecule has 2 aromatic rings. The van der Waals surface area contributed by atoms with E-state index in [1.54, 1.807) is 0 Å². The van der Waals surface area contributed by atoms with Crippen molar-refractivity contribution in [1.82, 2.24) is 0 Å². The molecule has 3 atom stereocenters. The quantitative estimate of drug-likeness (QED) is 0.622. The molecule has 0 fully saturated rings. The molecule has 0 saturated carbocycles. The van der Waals surface area contributed by atoms with Gasteiger partial charge in [-0.25, -0.2) is 0 Å². The molecule has 2 aliphatic heterocycles. The Bertz CT molecular complexity index is 867. The van der Waals surface area contributed by atoms with E-state index in [0.29, 0.717) is 11.8 Å². The van der Waals surface area contributed by atoms with Crippen molar-refractivity contribution in [3.63, 3.8) is 0 Å². The SMILES string of the molecule is Clc1ccc2c(c1)[C@H]1C=CC[C@@H]1[C@H](c1cc3c(cc1Br)OCO3)N2. The Labute approximate surface area is 153 Å². The second-order valence-electron chi connectivity index (χ2n) is 6.43. The molecule has 0 bridgehead atoms. The molecule has 2 heterocycles. The molecule has 0 radical (unpaired) electrons. The Morgan fingerprint density at radius 3 is 2.79 bits per heavy atom. The highest BCUT2D eigenvalue weighted by Crippen LogP contribution is 2.52. The minimum absolute atomic E-state index is 0.211. The average molecular weight is 405 g/mol. The van der Waals surface area contributed by atoms with Gasteiger partial charge in [-0.1, -0.05) is 39.7 Å². The summed E-state index contributed by atoms with van der Waals surface area (Å²) in [6, 6.07) is 10.4. The maximum Gasteiger partial charge on any atom is 0.231 e. The van der Waals surface area contributed by atoms with Gasteiger partial charge in [-0.05, 0) is 53.8 Å². The van der Waals surface area contributed by atoms with E-state index in [2.05, 4.69) is 51.6 Å². The zero-order chi connectivity index (χ0) is 16.3. The van der Waals surface area contributed by atoms with Crippen LogP contribution >= 0.6 is 27.5 Å². The zero-order valence-electron chi connectivity index (χ0n) is 12.8. The van der Waals surface area contributed by atoms with E-state index in [-0.39, 0.29) is 12.8 Å². The molecule has 24 heavy (non-hydrogen) atoms. The van der Waals surface area contributed by atoms with Gasteiger partial charge < -0.3 is 14.8 Å². The second kappa shape index (κ2) is 5.43. The molecule has 0 unspecified atom stereocenters. The van der Waals surface area contributed by atoms with Gasteiger partial charge in [0.2, 0.25) is 6.79 Å². The van der Waals surface area contributed by atoms with E-state index in [4.69, 9.17) is 21.1 Å². The fourth-order valence-electron chi connectivity index (χ4n) is 4.04. The van der Waals surface area contributed by atoms with E-state index >= 15 is 0 Å². The van der Waals surface area contributed by atoms with Crippen molar-refractivity contribution >= 4 is 33.2 Å². The number of halogens is 2. The number of allylic oxidation sites excluding steroid dienone is 2. The highest BCUT2D eigenvalue weighted by molar-refractivity contribution is 9.10. The van der Waals surface area contributed by atoms with Crippen LogP contribution in [0.5, 0.6) is 11.5 Å². The van der Waals surface area contributed by atoms with E-state index in [9.17, 15) is 0 Å².